The highest BCUT2D eigenvalue weighted by Gasteiger charge is 2.39. The molecule has 1 fully saturated rings. The number of rotatable bonds is 3. The molecule has 0 N–H and O–H groups in total. The van der Waals surface area contributed by atoms with Crippen molar-refractivity contribution < 1.29 is 23.6 Å². The van der Waals surface area contributed by atoms with E-state index in [0.29, 0.717) is 37.2 Å². The highest BCUT2D eigenvalue weighted by molar-refractivity contribution is 5.85. The summed E-state index contributed by atoms with van der Waals surface area (Å²) in [5, 5.41) is 16.0. The fraction of sp³-hybridized carbons (Fsp3) is 0.565. The van der Waals surface area contributed by atoms with Crippen LogP contribution in [0.5, 0.6) is 5.75 Å². The second-order valence-corrected chi connectivity index (χ2v) is 9.67. The van der Waals surface area contributed by atoms with Gasteiger partial charge in [-0.3, -0.25) is 14.8 Å². The Bertz CT molecular complexity index is 1110. The van der Waals surface area contributed by atoms with Gasteiger partial charge in [0, 0.05) is 61.2 Å². The molecule has 1 amide bonds. The first-order valence-electron chi connectivity index (χ1n) is 11.3. The van der Waals surface area contributed by atoms with Crippen molar-refractivity contribution in [2.45, 2.75) is 51.4 Å². The average Bonchev–Trinajstić information content (AvgIpc) is 3.04. The molecule has 184 valence electrons. The number of benzene rings is 1. The zero-order chi connectivity index (χ0) is 24.8. The molecule has 3 heterocycles. The summed E-state index contributed by atoms with van der Waals surface area (Å²) in [6, 6.07) is 2.59. The van der Waals surface area contributed by atoms with Gasteiger partial charge in [-0.1, -0.05) is 0 Å². The Morgan fingerprint density at radius 3 is 2.62 bits per heavy atom. The number of nitro benzene ring substituents is 1. The highest BCUT2D eigenvalue weighted by Crippen LogP contribution is 2.44. The van der Waals surface area contributed by atoms with Crippen LogP contribution in [0.2, 0.25) is 0 Å². The van der Waals surface area contributed by atoms with E-state index in [4.69, 9.17) is 9.47 Å². The third kappa shape index (κ3) is 4.38. The largest absolute Gasteiger partial charge is 0.490 e. The maximum absolute atomic E-state index is 15.6. The molecular weight excluding hydrogens is 445 g/mol. The number of carbonyl (C=O) groups is 1. The van der Waals surface area contributed by atoms with Crippen molar-refractivity contribution in [2.24, 2.45) is 7.05 Å². The van der Waals surface area contributed by atoms with Gasteiger partial charge < -0.3 is 19.3 Å². The first-order chi connectivity index (χ1) is 16.0. The number of piperidine rings is 1. The number of alkyl halides is 1. The predicted molar refractivity (Wildman–Crippen MR) is 124 cm³/mol. The Morgan fingerprint density at radius 2 is 2.00 bits per heavy atom. The molecule has 2 aromatic rings. The van der Waals surface area contributed by atoms with Crippen molar-refractivity contribution >= 4 is 17.5 Å². The van der Waals surface area contributed by atoms with E-state index in [0.717, 1.165) is 11.3 Å². The van der Waals surface area contributed by atoms with Gasteiger partial charge in [0.2, 0.25) is 0 Å². The average molecular weight is 476 g/mol. The smallest absolute Gasteiger partial charge is 0.410 e. The molecule has 4 rings (SSSR count). The van der Waals surface area contributed by atoms with Crippen LogP contribution in [0.25, 0.3) is 11.1 Å². The summed E-state index contributed by atoms with van der Waals surface area (Å²) in [5.41, 5.74) is 2.17. The molecule has 2 aliphatic heterocycles. The quantitative estimate of drug-likeness (QED) is 0.492. The summed E-state index contributed by atoms with van der Waals surface area (Å²) in [7, 11) is 3.20. The van der Waals surface area contributed by atoms with Crippen LogP contribution in [0.3, 0.4) is 0 Å². The number of carbonyl (C=O) groups excluding carboxylic acids is 1. The Labute approximate surface area is 197 Å². The molecule has 2 atom stereocenters. The predicted octanol–water partition coefficient (Wildman–Crippen LogP) is 3.71. The molecule has 34 heavy (non-hydrogen) atoms. The molecular formula is C23H30FN5O5. The number of fused-ring (bicyclic) bond motifs is 3. The van der Waals surface area contributed by atoms with Crippen LogP contribution in [0.15, 0.2) is 18.3 Å². The second kappa shape index (κ2) is 8.77. The van der Waals surface area contributed by atoms with E-state index in [2.05, 4.69) is 5.10 Å². The maximum Gasteiger partial charge on any atom is 0.410 e. The fourth-order valence-electron chi connectivity index (χ4n) is 4.73. The number of likely N-dealkylation sites (tertiary alicyclic amines) is 1. The Hall–Kier alpha value is -3.37. The molecule has 0 aliphatic carbocycles. The zero-order valence-corrected chi connectivity index (χ0v) is 20.1. The Morgan fingerprint density at radius 1 is 1.26 bits per heavy atom. The van der Waals surface area contributed by atoms with Crippen LogP contribution in [0.1, 0.15) is 32.9 Å². The molecule has 2 unspecified atom stereocenters. The van der Waals surface area contributed by atoms with Crippen molar-refractivity contribution in [1.29, 1.82) is 0 Å². The molecule has 1 saturated heterocycles. The van der Waals surface area contributed by atoms with Gasteiger partial charge in [-0.15, -0.1) is 0 Å². The maximum atomic E-state index is 15.6. The van der Waals surface area contributed by atoms with Gasteiger partial charge in [0.25, 0.3) is 0 Å². The van der Waals surface area contributed by atoms with Gasteiger partial charge >= 0.3 is 11.8 Å². The third-order valence-corrected chi connectivity index (χ3v) is 6.30. The van der Waals surface area contributed by atoms with Crippen LogP contribution >= 0.6 is 0 Å². The van der Waals surface area contributed by atoms with E-state index in [1.54, 1.807) is 37.7 Å². The Balaban J connectivity index is 1.69. The van der Waals surface area contributed by atoms with Crippen LogP contribution in [0.4, 0.5) is 20.6 Å². The molecule has 10 nitrogen and oxygen atoms in total. The number of aryl methyl sites for hydroxylation is 1. The number of methoxy groups -OCH3 is 1. The van der Waals surface area contributed by atoms with E-state index < -0.39 is 28.8 Å². The molecule has 0 saturated carbocycles. The fourth-order valence-corrected chi connectivity index (χ4v) is 4.73. The summed E-state index contributed by atoms with van der Waals surface area (Å²) in [5.74, 6) is 0.114. The first kappa shape index (κ1) is 23.8. The van der Waals surface area contributed by atoms with Crippen molar-refractivity contribution in [1.82, 2.24) is 14.7 Å². The van der Waals surface area contributed by atoms with Gasteiger partial charge in [-0.2, -0.15) is 5.10 Å². The lowest BCUT2D eigenvalue weighted by molar-refractivity contribution is -0.385. The number of amides is 1. The molecule has 0 radical (unpaired) electrons. The third-order valence-electron chi connectivity index (χ3n) is 6.30. The lowest BCUT2D eigenvalue weighted by Gasteiger charge is -2.42. The number of nitro groups is 1. The summed E-state index contributed by atoms with van der Waals surface area (Å²) < 4.78 is 28.0. The highest BCUT2D eigenvalue weighted by atomic mass is 19.1. The van der Waals surface area contributed by atoms with E-state index in [9.17, 15) is 14.9 Å². The lowest BCUT2D eigenvalue weighted by atomic mass is 9.98. The summed E-state index contributed by atoms with van der Waals surface area (Å²) >= 11 is 0. The van der Waals surface area contributed by atoms with E-state index in [1.807, 2.05) is 11.9 Å². The molecule has 11 heteroatoms. The number of nitrogens with zero attached hydrogens (tertiary/aromatic N) is 5. The van der Waals surface area contributed by atoms with E-state index in [1.165, 1.54) is 18.1 Å². The minimum Gasteiger partial charge on any atom is -0.490 e. The van der Waals surface area contributed by atoms with Crippen molar-refractivity contribution in [2.75, 3.05) is 31.6 Å². The van der Waals surface area contributed by atoms with Crippen molar-refractivity contribution in [3.05, 3.63) is 34.1 Å². The minimum atomic E-state index is -1.32. The van der Waals surface area contributed by atoms with Crippen LogP contribution < -0.4 is 9.64 Å². The summed E-state index contributed by atoms with van der Waals surface area (Å²) in [6.07, 6.45) is 0.824. The molecule has 1 aromatic heterocycles. The number of anilines is 1. The summed E-state index contributed by atoms with van der Waals surface area (Å²) in [6.45, 7) is 6.10. The van der Waals surface area contributed by atoms with Crippen molar-refractivity contribution in [3.8, 4) is 16.9 Å². The van der Waals surface area contributed by atoms with Crippen LogP contribution in [0, 0.1) is 10.1 Å². The number of hydrogen-bond donors (Lipinski definition) is 0. The van der Waals surface area contributed by atoms with E-state index >= 15 is 4.39 Å². The SMILES string of the molecule is COc1cc2c(cc1[N+](=O)[O-])-c1cnn(C)c1CCN2C1CCN(C(=O)OC(C)(C)C)CC1F. The zero-order valence-electron chi connectivity index (χ0n) is 20.1. The molecule has 1 aromatic carbocycles. The first-order valence-corrected chi connectivity index (χ1v) is 11.3. The number of ether oxygens (including phenoxy) is 2. The van der Waals surface area contributed by atoms with Crippen molar-refractivity contribution in [3.63, 3.8) is 0 Å². The Kier molecular flexibility index (Phi) is 6.13. The molecule has 0 bridgehead atoms. The normalized spacial score (nSPS) is 20.3. The van der Waals surface area contributed by atoms with Gasteiger partial charge in [0.15, 0.2) is 5.75 Å². The number of aromatic nitrogens is 2. The van der Waals surface area contributed by atoms with Gasteiger partial charge in [0.05, 0.1) is 30.8 Å². The molecule has 0 spiro atoms. The lowest BCUT2D eigenvalue weighted by Crippen LogP contribution is -2.55. The topological polar surface area (TPSA) is 103 Å². The second-order valence-electron chi connectivity index (χ2n) is 9.67. The van der Waals surface area contributed by atoms with Crippen LogP contribution in [-0.4, -0.2) is 70.3 Å². The monoisotopic (exact) mass is 475 g/mol. The van der Waals surface area contributed by atoms with Crippen LogP contribution in [-0.2, 0) is 18.2 Å². The van der Waals surface area contributed by atoms with Gasteiger partial charge in [-0.05, 0) is 27.2 Å². The number of hydrogen-bond acceptors (Lipinski definition) is 7. The summed E-state index contributed by atoms with van der Waals surface area (Å²) in [4.78, 5) is 27.0. The number of halogens is 1. The van der Waals surface area contributed by atoms with Gasteiger partial charge in [0.1, 0.15) is 11.8 Å². The van der Waals surface area contributed by atoms with E-state index in [-0.39, 0.29) is 18.0 Å². The standard InChI is InChI=1S/C23H30FN5O5/c1-23(2,3)34-22(30)27-8-6-18(16(24)13-27)28-9-7-17-15(12-25-26(17)4)14-10-20(29(31)32)21(33-5)11-19(14)28/h10-12,16,18H,6-9,13H2,1-5H3. The minimum absolute atomic E-state index is 0.0793. The van der Waals surface area contributed by atoms with Gasteiger partial charge in [-0.25, -0.2) is 9.18 Å². The molecule has 2 aliphatic rings.